The Balaban J connectivity index is 0.00000408. The van der Waals surface area contributed by atoms with Gasteiger partial charge in [-0.2, -0.15) is 0 Å². The van der Waals surface area contributed by atoms with Crippen LogP contribution in [0.4, 0.5) is 21.6 Å². The summed E-state index contributed by atoms with van der Waals surface area (Å²) in [6, 6.07) is 9.86. The number of carbonyl (C=O) groups excluding carboxylic acids is 1. The Kier molecular flexibility index (Phi) is 8.96. The zero-order valence-electron chi connectivity index (χ0n) is 18.4. The number of anilines is 3. The van der Waals surface area contributed by atoms with Gasteiger partial charge in [0.05, 0.1) is 24.7 Å². The third-order valence-electron chi connectivity index (χ3n) is 4.69. The second-order valence-corrected chi connectivity index (χ2v) is 11.1. The molecule has 0 spiro atoms. The van der Waals surface area contributed by atoms with Crippen molar-refractivity contribution in [1.82, 2.24) is 9.97 Å². The lowest BCUT2D eigenvalue weighted by molar-refractivity contribution is -0.111. The van der Waals surface area contributed by atoms with E-state index in [1.54, 1.807) is 25.5 Å². The topological polar surface area (TPSA) is 93.2 Å². The van der Waals surface area contributed by atoms with Crippen molar-refractivity contribution in [2.24, 2.45) is 0 Å². The SMILES string of the molecule is C.C=CC(=O)Nc1cc(Cc2ncc(Cl)c(Nc3ccccc3P(C)(C)=O)n2)c(OC)cc1F. The van der Waals surface area contributed by atoms with E-state index < -0.39 is 18.9 Å². The van der Waals surface area contributed by atoms with Gasteiger partial charge in [-0.3, -0.25) is 4.79 Å². The highest BCUT2D eigenvalue weighted by atomic mass is 35.5. The van der Waals surface area contributed by atoms with Gasteiger partial charge in [-0.25, -0.2) is 14.4 Å². The van der Waals surface area contributed by atoms with E-state index >= 15 is 0 Å². The number of nitrogens with zero attached hydrogens (tertiary/aromatic N) is 2. The summed E-state index contributed by atoms with van der Waals surface area (Å²) in [6.45, 7) is 6.74. The molecule has 0 aliphatic heterocycles. The lowest BCUT2D eigenvalue weighted by Gasteiger charge is -2.16. The fourth-order valence-corrected chi connectivity index (χ4v) is 4.42. The predicted octanol–water partition coefficient (Wildman–Crippen LogP) is 5.62. The number of benzene rings is 2. The number of rotatable bonds is 8. The summed E-state index contributed by atoms with van der Waals surface area (Å²) in [5.41, 5.74) is 1.17. The average Bonchev–Trinajstić information content (AvgIpc) is 2.77. The first-order chi connectivity index (χ1) is 15.6. The molecular formula is C24H27ClFN4O3P. The maximum absolute atomic E-state index is 14.3. The first kappa shape index (κ1) is 27.0. The second-order valence-electron chi connectivity index (χ2n) is 7.49. The number of ether oxygens (including phenoxy) is 1. The number of hydrogen-bond acceptors (Lipinski definition) is 6. The quantitative estimate of drug-likeness (QED) is 0.305. The molecule has 0 aliphatic carbocycles. The van der Waals surface area contributed by atoms with Gasteiger partial charge >= 0.3 is 0 Å². The highest BCUT2D eigenvalue weighted by Gasteiger charge is 2.18. The monoisotopic (exact) mass is 504 g/mol. The number of amides is 1. The van der Waals surface area contributed by atoms with Crippen LogP contribution < -0.4 is 20.7 Å². The molecule has 180 valence electrons. The standard InChI is InChI=1S/C23H23ClFN4O3P.CH4/c1-5-22(30)27-18-10-14(19(32-2)12-16(18)25)11-21-26-13-15(24)23(29-21)28-17-8-6-7-9-20(17)33(3,4)31;/h5-10,12-13H,1,11H2,2-4H3,(H,27,30)(H,26,28,29);1H4. The third-order valence-corrected chi connectivity index (χ3v) is 6.52. The molecule has 0 bridgehead atoms. The summed E-state index contributed by atoms with van der Waals surface area (Å²) in [7, 11) is -1.14. The maximum Gasteiger partial charge on any atom is 0.247 e. The summed E-state index contributed by atoms with van der Waals surface area (Å²) in [5.74, 6) is -0.196. The second kappa shape index (κ2) is 11.3. The van der Waals surface area contributed by atoms with Gasteiger partial charge in [0.25, 0.3) is 0 Å². The lowest BCUT2D eigenvalue weighted by atomic mass is 10.1. The minimum atomic E-state index is -2.55. The zero-order chi connectivity index (χ0) is 24.2. The van der Waals surface area contributed by atoms with Crippen molar-refractivity contribution in [2.75, 3.05) is 31.1 Å². The van der Waals surface area contributed by atoms with Crippen LogP contribution in [0.2, 0.25) is 5.02 Å². The summed E-state index contributed by atoms with van der Waals surface area (Å²) in [6.07, 6.45) is 2.67. The number of carbonyl (C=O) groups is 1. The average molecular weight is 505 g/mol. The smallest absolute Gasteiger partial charge is 0.247 e. The normalized spacial score (nSPS) is 10.7. The van der Waals surface area contributed by atoms with E-state index in [0.29, 0.717) is 28.2 Å². The van der Waals surface area contributed by atoms with E-state index in [9.17, 15) is 13.8 Å². The van der Waals surface area contributed by atoms with Gasteiger partial charge < -0.3 is 19.9 Å². The van der Waals surface area contributed by atoms with Crippen molar-refractivity contribution in [3.63, 3.8) is 0 Å². The van der Waals surface area contributed by atoms with Crippen LogP contribution in [-0.2, 0) is 15.8 Å². The summed E-state index contributed by atoms with van der Waals surface area (Å²) in [4.78, 5) is 20.4. The zero-order valence-corrected chi connectivity index (χ0v) is 20.0. The summed E-state index contributed by atoms with van der Waals surface area (Å²) >= 11 is 6.31. The Hall–Kier alpha value is -3.22. The van der Waals surface area contributed by atoms with Crippen LogP contribution >= 0.6 is 18.7 Å². The van der Waals surface area contributed by atoms with Gasteiger partial charge in [-0.1, -0.05) is 37.7 Å². The predicted molar refractivity (Wildman–Crippen MR) is 137 cm³/mol. The molecule has 0 saturated carbocycles. The van der Waals surface area contributed by atoms with Crippen LogP contribution in [0.5, 0.6) is 5.75 Å². The molecule has 0 aliphatic rings. The number of para-hydroxylation sites is 1. The Morgan fingerprint density at radius 3 is 2.62 bits per heavy atom. The number of halogens is 2. The Morgan fingerprint density at radius 2 is 1.97 bits per heavy atom. The van der Waals surface area contributed by atoms with E-state index in [-0.39, 0.29) is 30.3 Å². The molecule has 0 radical (unpaired) electrons. The number of aromatic nitrogens is 2. The third kappa shape index (κ3) is 6.43. The molecule has 34 heavy (non-hydrogen) atoms. The molecule has 1 amide bonds. The minimum absolute atomic E-state index is 0. The van der Waals surface area contributed by atoms with Crippen LogP contribution in [-0.4, -0.2) is 36.3 Å². The van der Waals surface area contributed by atoms with Gasteiger partial charge in [0, 0.05) is 23.4 Å². The first-order valence-electron chi connectivity index (χ1n) is 9.85. The van der Waals surface area contributed by atoms with Crippen LogP contribution in [0.3, 0.4) is 0 Å². The van der Waals surface area contributed by atoms with Gasteiger partial charge in [0.2, 0.25) is 5.91 Å². The molecular weight excluding hydrogens is 478 g/mol. The molecule has 0 saturated heterocycles. The molecule has 0 fully saturated rings. The minimum Gasteiger partial charge on any atom is -0.496 e. The van der Waals surface area contributed by atoms with Crippen molar-refractivity contribution in [3.8, 4) is 5.75 Å². The Morgan fingerprint density at radius 1 is 1.26 bits per heavy atom. The van der Waals surface area contributed by atoms with Crippen LogP contribution in [0.15, 0.2) is 55.3 Å². The molecule has 7 nitrogen and oxygen atoms in total. The van der Waals surface area contributed by atoms with Crippen molar-refractivity contribution < 1.29 is 18.5 Å². The van der Waals surface area contributed by atoms with Crippen LogP contribution in [0, 0.1) is 5.82 Å². The van der Waals surface area contributed by atoms with E-state index in [1.165, 1.54) is 25.4 Å². The number of nitrogens with one attached hydrogen (secondary N) is 2. The molecule has 3 aromatic rings. The molecule has 1 aromatic heterocycles. The summed E-state index contributed by atoms with van der Waals surface area (Å²) in [5, 5.41) is 6.51. The van der Waals surface area contributed by atoms with Crippen LogP contribution in [0.25, 0.3) is 0 Å². The molecule has 1 heterocycles. The fraction of sp³-hybridized carbons (Fsp3) is 0.208. The van der Waals surface area contributed by atoms with Crippen molar-refractivity contribution in [3.05, 3.63) is 77.5 Å². The molecule has 10 heteroatoms. The lowest BCUT2D eigenvalue weighted by Crippen LogP contribution is -2.11. The molecule has 0 unspecified atom stereocenters. The maximum atomic E-state index is 14.3. The molecule has 0 atom stereocenters. The first-order valence-corrected chi connectivity index (χ1v) is 12.8. The van der Waals surface area contributed by atoms with Gasteiger partial charge in [0.15, 0.2) is 5.82 Å². The Labute approximate surface area is 203 Å². The van der Waals surface area contributed by atoms with Crippen molar-refractivity contribution in [1.29, 1.82) is 0 Å². The van der Waals surface area contributed by atoms with Crippen molar-refractivity contribution >= 4 is 47.1 Å². The fourth-order valence-electron chi connectivity index (χ4n) is 3.13. The van der Waals surface area contributed by atoms with E-state index in [1.807, 2.05) is 12.1 Å². The summed E-state index contributed by atoms with van der Waals surface area (Å²) < 4.78 is 32.3. The highest BCUT2D eigenvalue weighted by Crippen LogP contribution is 2.38. The van der Waals surface area contributed by atoms with Gasteiger partial charge in [-0.05, 0) is 37.6 Å². The molecule has 3 rings (SSSR count). The number of hydrogen-bond donors (Lipinski definition) is 2. The Bertz CT molecular complexity index is 1260. The van der Waals surface area contributed by atoms with Crippen LogP contribution in [0.1, 0.15) is 18.8 Å². The largest absolute Gasteiger partial charge is 0.496 e. The van der Waals surface area contributed by atoms with E-state index in [2.05, 4.69) is 27.2 Å². The van der Waals surface area contributed by atoms with Gasteiger partial charge in [0.1, 0.15) is 29.6 Å². The molecule has 2 aromatic carbocycles. The van der Waals surface area contributed by atoms with Gasteiger partial charge in [-0.15, -0.1) is 0 Å². The van der Waals surface area contributed by atoms with E-state index in [4.69, 9.17) is 16.3 Å². The number of methoxy groups -OCH3 is 1. The van der Waals surface area contributed by atoms with Crippen molar-refractivity contribution in [2.45, 2.75) is 13.8 Å². The molecule has 2 N–H and O–H groups in total. The van der Waals surface area contributed by atoms with E-state index in [0.717, 1.165) is 6.08 Å². The highest BCUT2D eigenvalue weighted by molar-refractivity contribution is 7.70.